The lowest BCUT2D eigenvalue weighted by Crippen LogP contribution is -2.23. The van der Waals surface area contributed by atoms with E-state index in [4.69, 9.17) is 11.3 Å². The molecule has 0 aromatic rings. The first-order valence-electron chi connectivity index (χ1n) is 2.74. The number of rotatable bonds is 4. The molecule has 0 rings (SSSR count). The van der Waals surface area contributed by atoms with Gasteiger partial charge in [-0.3, -0.25) is 4.84 Å². The van der Waals surface area contributed by atoms with Crippen LogP contribution in [-0.4, -0.2) is 12.6 Å². The molecule has 0 amide bonds. The van der Waals surface area contributed by atoms with Crippen LogP contribution in [0.3, 0.4) is 0 Å². The van der Waals surface area contributed by atoms with Crippen molar-refractivity contribution in [3.8, 4) is 12.3 Å². The highest BCUT2D eigenvalue weighted by Crippen LogP contribution is 1.79. The van der Waals surface area contributed by atoms with Crippen LogP contribution in [0.1, 0.15) is 6.92 Å². The summed E-state index contributed by atoms with van der Waals surface area (Å²) in [6.45, 7) is 5.76. The van der Waals surface area contributed by atoms with Gasteiger partial charge in [-0.2, -0.15) is 5.48 Å². The summed E-state index contributed by atoms with van der Waals surface area (Å²) in [6, 6.07) is 0.151. The maximum absolute atomic E-state index is 4.92. The van der Waals surface area contributed by atoms with Crippen LogP contribution in [0.4, 0.5) is 0 Å². The van der Waals surface area contributed by atoms with E-state index < -0.39 is 0 Å². The van der Waals surface area contributed by atoms with Crippen LogP contribution in [-0.2, 0) is 4.84 Å². The molecule has 0 aromatic heterocycles. The first-order valence-corrected chi connectivity index (χ1v) is 2.74. The standard InChI is InChI=1S/C7H11NO/c1-4-6-9-8-7(3)5-2/h1,5,7-8H,2,6H2,3H3. The minimum absolute atomic E-state index is 0.151. The molecule has 0 radical (unpaired) electrons. The van der Waals surface area contributed by atoms with Crippen LogP contribution in [0.5, 0.6) is 0 Å². The summed E-state index contributed by atoms with van der Waals surface area (Å²) >= 11 is 0. The summed E-state index contributed by atoms with van der Waals surface area (Å²) in [5.41, 5.74) is 2.67. The predicted molar refractivity (Wildman–Crippen MR) is 37.6 cm³/mol. The fraction of sp³-hybridized carbons (Fsp3) is 0.429. The molecule has 0 aliphatic heterocycles. The lowest BCUT2D eigenvalue weighted by atomic mass is 10.4. The molecule has 0 fully saturated rings. The molecule has 1 N–H and O–H groups in total. The summed E-state index contributed by atoms with van der Waals surface area (Å²) < 4.78 is 0. The second kappa shape index (κ2) is 5.36. The first kappa shape index (κ1) is 8.22. The van der Waals surface area contributed by atoms with Crippen molar-refractivity contribution in [2.45, 2.75) is 13.0 Å². The van der Waals surface area contributed by atoms with E-state index in [0.717, 1.165) is 0 Å². The fourth-order valence-corrected chi connectivity index (χ4v) is 0.263. The van der Waals surface area contributed by atoms with E-state index in [1.165, 1.54) is 0 Å². The predicted octanol–water partition coefficient (Wildman–Crippen LogP) is 0.715. The maximum atomic E-state index is 4.92. The Hall–Kier alpha value is -0.780. The average molecular weight is 125 g/mol. The van der Waals surface area contributed by atoms with E-state index in [0.29, 0.717) is 0 Å². The SMILES string of the molecule is C#CCONC(C)C=C. The van der Waals surface area contributed by atoms with Gasteiger partial charge < -0.3 is 0 Å². The Morgan fingerprint density at radius 2 is 2.67 bits per heavy atom. The molecule has 0 aliphatic carbocycles. The molecule has 0 aromatic carbocycles. The second-order valence-electron chi connectivity index (χ2n) is 1.64. The largest absolute Gasteiger partial charge is 0.288 e. The molecular weight excluding hydrogens is 114 g/mol. The van der Waals surface area contributed by atoms with Crippen molar-refractivity contribution < 1.29 is 4.84 Å². The highest BCUT2D eigenvalue weighted by molar-refractivity contribution is 4.83. The van der Waals surface area contributed by atoms with Crippen molar-refractivity contribution in [1.29, 1.82) is 0 Å². The highest BCUT2D eigenvalue weighted by Gasteiger charge is 1.89. The van der Waals surface area contributed by atoms with Gasteiger partial charge in [-0.25, -0.2) is 0 Å². The van der Waals surface area contributed by atoms with Gasteiger partial charge >= 0.3 is 0 Å². The van der Waals surface area contributed by atoms with Crippen LogP contribution in [0, 0.1) is 12.3 Å². The van der Waals surface area contributed by atoms with Gasteiger partial charge in [-0.15, -0.1) is 13.0 Å². The molecule has 2 nitrogen and oxygen atoms in total. The number of hydroxylamine groups is 1. The molecule has 0 saturated heterocycles. The van der Waals surface area contributed by atoms with Gasteiger partial charge in [0.05, 0.1) is 0 Å². The number of hydrogen-bond donors (Lipinski definition) is 1. The molecule has 0 heterocycles. The van der Waals surface area contributed by atoms with Gasteiger partial charge in [0.2, 0.25) is 0 Å². The van der Waals surface area contributed by atoms with Gasteiger partial charge in [0.15, 0.2) is 0 Å². The number of nitrogens with one attached hydrogen (secondary N) is 1. The van der Waals surface area contributed by atoms with Gasteiger partial charge in [0.25, 0.3) is 0 Å². The van der Waals surface area contributed by atoms with Crippen LogP contribution < -0.4 is 5.48 Å². The summed E-state index contributed by atoms with van der Waals surface area (Å²) in [4.78, 5) is 4.78. The molecule has 50 valence electrons. The molecule has 0 bridgehead atoms. The second-order valence-corrected chi connectivity index (χ2v) is 1.64. The van der Waals surface area contributed by atoms with Crippen molar-refractivity contribution in [2.75, 3.05) is 6.61 Å². The van der Waals surface area contributed by atoms with Crippen LogP contribution in [0.25, 0.3) is 0 Å². The van der Waals surface area contributed by atoms with E-state index in [1.54, 1.807) is 6.08 Å². The smallest absolute Gasteiger partial charge is 0.128 e. The van der Waals surface area contributed by atoms with Gasteiger partial charge in [0.1, 0.15) is 6.61 Å². The highest BCUT2D eigenvalue weighted by atomic mass is 16.6. The van der Waals surface area contributed by atoms with Crippen LogP contribution in [0.2, 0.25) is 0 Å². The summed E-state index contributed by atoms with van der Waals surface area (Å²) in [6.07, 6.45) is 6.65. The van der Waals surface area contributed by atoms with Crippen molar-refractivity contribution in [3.05, 3.63) is 12.7 Å². The third-order valence-corrected chi connectivity index (χ3v) is 0.778. The van der Waals surface area contributed by atoms with Crippen LogP contribution in [0.15, 0.2) is 12.7 Å². The molecule has 1 atom stereocenters. The van der Waals surface area contributed by atoms with E-state index in [-0.39, 0.29) is 12.6 Å². The molecule has 0 aliphatic rings. The van der Waals surface area contributed by atoms with Gasteiger partial charge in [-0.05, 0) is 6.92 Å². The number of terminal acetylenes is 1. The zero-order chi connectivity index (χ0) is 7.11. The minimum Gasteiger partial charge on any atom is -0.288 e. The Bertz CT molecular complexity index is 115. The van der Waals surface area contributed by atoms with E-state index >= 15 is 0 Å². The lowest BCUT2D eigenvalue weighted by molar-refractivity contribution is 0.0540. The Balaban J connectivity index is 3.08. The van der Waals surface area contributed by atoms with E-state index in [1.807, 2.05) is 6.92 Å². The summed E-state index contributed by atoms with van der Waals surface area (Å²) in [7, 11) is 0. The average Bonchev–Trinajstić information content (AvgIpc) is 1.89. The molecule has 0 saturated carbocycles. The Labute approximate surface area is 55.9 Å². The van der Waals surface area contributed by atoms with E-state index in [9.17, 15) is 0 Å². The zero-order valence-electron chi connectivity index (χ0n) is 5.55. The number of hydrogen-bond acceptors (Lipinski definition) is 2. The quantitative estimate of drug-likeness (QED) is 0.259. The Morgan fingerprint density at radius 3 is 3.11 bits per heavy atom. The Morgan fingerprint density at radius 1 is 2.00 bits per heavy atom. The van der Waals surface area contributed by atoms with Crippen molar-refractivity contribution in [3.63, 3.8) is 0 Å². The molecular formula is C7H11NO. The van der Waals surface area contributed by atoms with Gasteiger partial charge in [-0.1, -0.05) is 12.0 Å². The normalized spacial score (nSPS) is 12.0. The van der Waals surface area contributed by atoms with Crippen LogP contribution >= 0.6 is 0 Å². The molecule has 0 spiro atoms. The topological polar surface area (TPSA) is 21.3 Å². The summed E-state index contributed by atoms with van der Waals surface area (Å²) in [5.74, 6) is 2.33. The molecule has 2 heteroatoms. The zero-order valence-corrected chi connectivity index (χ0v) is 5.55. The molecule has 1 unspecified atom stereocenters. The van der Waals surface area contributed by atoms with Crippen molar-refractivity contribution in [1.82, 2.24) is 5.48 Å². The molecule has 9 heavy (non-hydrogen) atoms. The van der Waals surface area contributed by atoms with Gasteiger partial charge in [0, 0.05) is 6.04 Å². The van der Waals surface area contributed by atoms with Crippen molar-refractivity contribution >= 4 is 0 Å². The first-order chi connectivity index (χ1) is 4.31. The fourth-order valence-electron chi connectivity index (χ4n) is 0.263. The van der Waals surface area contributed by atoms with E-state index in [2.05, 4.69) is 18.0 Å². The van der Waals surface area contributed by atoms with Crippen molar-refractivity contribution in [2.24, 2.45) is 0 Å². The minimum atomic E-state index is 0.151. The third kappa shape index (κ3) is 5.09. The lowest BCUT2D eigenvalue weighted by Gasteiger charge is -2.05. The maximum Gasteiger partial charge on any atom is 0.128 e. The summed E-state index contributed by atoms with van der Waals surface area (Å²) in [5, 5.41) is 0. The third-order valence-electron chi connectivity index (χ3n) is 0.778. The Kier molecular flexibility index (Phi) is 4.89. The monoisotopic (exact) mass is 125 g/mol.